The molecule has 1 saturated carbocycles. The van der Waals surface area contributed by atoms with Gasteiger partial charge in [-0.2, -0.15) is 0 Å². The van der Waals surface area contributed by atoms with E-state index in [4.69, 9.17) is 9.97 Å². The monoisotopic (exact) mass is 544 g/mol. The minimum atomic E-state index is -2.55. The first kappa shape index (κ1) is 25.2. The van der Waals surface area contributed by atoms with Crippen molar-refractivity contribution in [2.75, 3.05) is 0 Å². The van der Waals surface area contributed by atoms with E-state index >= 15 is 0 Å². The molecular formula is C27H40N2O2Sn. The second-order valence-corrected chi connectivity index (χ2v) is 22.9. The zero-order valence-corrected chi connectivity index (χ0v) is 23.2. The van der Waals surface area contributed by atoms with Gasteiger partial charge in [-0.1, -0.05) is 0 Å². The summed E-state index contributed by atoms with van der Waals surface area (Å²) in [6.07, 6.45) is 12.5. The Morgan fingerprint density at radius 1 is 0.969 bits per heavy atom. The van der Waals surface area contributed by atoms with E-state index in [1.54, 1.807) is 0 Å². The van der Waals surface area contributed by atoms with Gasteiger partial charge < -0.3 is 0 Å². The van der Waals surface area contributed by atoms with Crippen LogP contribution in [0.15, 0.2) is 36.7 Å². The van der Waals surface area contributed by atoms with Crippen molar-refractivity contribution in [2.45, 2.75) is 91.4 Å². The summed E-state index contributed by atoms with van der Waals surface area (Å²) in [5.74, 6) is -0.517. The standard InChI is InChI=1S/C15H13N2O2.3C4H9.Sn/c1-10-8-15(10,14(18)19)12-4-2-11(3-5-12)13-9-16-6-7-17-13;3*1-3-4-2;/h2-5,7,9-10H,8H2,1H3,(H,18,19);3*1,3-4H2,2H3;. The van der Waals surface area contributed by atoms with E-state index in [1.807, 2.05) is 37.4 Å². The summed E-state index contributed by atoms with van der Waals surface area (Å²) in [7, 11) is 0. The van der Waals surface area contributed by atoms with Crippen LogP contribution in [-0.2, 0) is 10.2 Å². The number of hydrogen-bond donors (Lipinski definition) is 1. The number of carboxylic acids is 1. The fourth-order valence-electron chi connectivity index (χ4n) is 5.24. The van der Waals surface area contributed by atoms with E-state index in [1.165, 1.54) is 55.5 Å². The van der Waals surface area contributed by atoms with Crippen LogP contribution in [0.4, 0.5) is 0 Å². The molecule has 0 radical (unpaired) electrons. The van der Waals surface area contributed by atoms with Crippen molar-refractivity contribution in [1.82, 2.24) is 9.97 Å². The molecule has 1 aromatic heterocycles. The maximum absolute atomic E-state index is 11.8. The molecule has 0 saturated heterocycles. The van der Waals surface area contributed by atoms with Crippen LogP contribution in [0, 0.1) is 5.92 Å². The summed E-state index contributed by atoms with van der Waals surface area (Å²) < 4.78 is 5.53. The van der Waals surface area contributed by atoms with E-state index in [9.17, 15) is 9.90 Å². The second-order valence-electron chi connectivity index (χ2n) is 9.84. The number of carbonyl (C=O) groups is 1. The van der Waals surface area contributed by atoms with Crippen LogP contribution in [-0.4, -0.2) is 39.4 Å². The van der Waals surface area contributed by atoms with Crippen LogP contribution in [0.25, 0.3) is 11.3 Å². The number of rotatable bonds is 13. The van der Waals surface area contributed by atoms with Crippen LogP contribution in [0.3, 0.4) is 0 Å². The minimum absolute atomic E-state index is 0.194. The molecule has 5 heteroatoms. The molecule has 4 nitrogen and oxygen atoms in total. The van der Waals surface area contributed by atoms with E-state index in [0.29, 0.717) is 0 Å². The molecule has 2 aromatic rings. The van der Waals surface area contributed by atoms with Crippen LogP contribution < -0.4 is 3.71 Å². The summed E-state index contributed by atoms with van der Waals surface area (Å²) in [5, 5.41) is 9.69. The topological polar surface area (TPSA) is 63.1 Å². The number of nitrogens with zero attached hydrogens (tertiary/aromatic N) is 2. The van der Waals surface area contributed by atoms with E-state index in [0.717, 1.165) is 23.2 Å². The Balaban J connectivity index is 1.85. The second kappa shape index (κ2) is 11.1. The van der Waals surface area contributed by atoms with Crippen LogP contribution >= 0.6 is 0 Å². The molecule has 1 aromatic carbocycles. The van der Waals surface area contributed by atoms with Gasteiger partial charge in [0.05, 0.1) is 0 Å². The molecule has 1 aliphatic carbocycles. The normalized spacial score (nSPS) is 20.3. The zero-order valence-electron chi connectivity index (χ0n) is 20.4. The van der Waals surface area contributed by atoms with Crippen LogP contribution in [0.1, 0.15) is 78.2 Å². The number of benzene rings is 1. The third-order valence-electron chi connectivity index (χ3n) is 7.61. The molecule has 0 bridgehead atoms. The Morgan fingerprint density at radius 2 is 1.50 bits per heavy atom. The van der Waals surface area contributed by atoms with Gasteiger partial charge in [0.2, 0.25) is 0 Å². The quantitative estimate of drug-likeness (QED) is 0.291. The molecule has 1 N–H and O–H groups in total. The van der Waals surface area contributed by atoms with Gasteiger partial charge in [-0.15, -0.1) is 0 Å². The third-order valence-corrected chi connectivity index (χ3v) is 22.7. The van der Waals surface area contributed by atoms with Crippen molar-refractivity contribution < 1.29 is 9.90 Å². The fourth-order valence-corrected chi connectivity index (χ4v) is 20.3. The molecule has 2 unspecified atom stereocenters. The number of carboxylic acid groups (broad SMARTS) is 1. The SMILES string of the molecule is CCC[CH2][Sn]([CH2]CCC)([CH2]CCC)[c]1cnc(-c2ccc(C3(C(=O)O)CC3C)cc2)cn1. The third kappa shape index (κ3) is 5.21. The molecule has 32 heavy (non-hydrogen) atoms. The molecule has 1 aliphatic rings. The molecule has 2 atom stereocenters. The zero-order chi connectivity index (χ0) is 23.2. The predicted octanol–water partition coefficient (Wildman–Crippen LogP) is 6.56. The fraction of sp³-hybridized carbons (Fsp3) is 0.593. The summed E-state index contributed by atoms with van der Waals surface area (Å²) in [6, 6.07) is 7.96. The number of aromatic nitrogens is 2. The first-order chi connectivity index (χ1) is 15.4. The molecule has 0 spiro atoms. The Kier molecular flexibility index (Phi) is 8.76. The average molecular weight is 543 g/mol. The number of unbranched alkanes of at least 4 members (excludes halogenated alkanes) is 3. The average Bonchev–Trinajstić information content (AvgIpc) is 3.51. The van der Waals surface area contributed by atoms with Gasteiger partial charge in [0.1, 0.15) is 0 Å². The maximum atomic E-state index is 11.8. The van der Waals surface area contributed by atoms with Crippen molar-refractivity contribution in [1.29, 1.82) is 0 Å². The van der Waals surface area contributed by atoms with E-state index < -0.39 is 29.8 Å². The molecule has 3 rings (SSSR count). The molecule has 1 fully saturated rings. The van der Waals surface area contributed by atoms with Gasteiger partial charge in [-0.3, -0.25) is 0 Å². The summed E-state index contributed by atoms with van der Waals surface area (Å²) in [5.41, 5.74) is 2.10. The van der Waals surface area contributed by atoms with Crippen molar-refractivity contribution >= 4 is 28.1 Å². The van der Waals surface area contributed by atoms with Crippen molar-refractivity contribution in [3.63, 3.8) is 0 Å². The molecule has 174 valence electrons. The van der Waals surface area contributed by atoms with Crippen molar-refractivity contribution in [2.24, 2.45) is 5.92 Å². The van der Waals surface area contributed by atoms with Crippen LogP contribution in [0.2, 0.25) is 13.3 Å². The summed E-state index contributed by atoms with van der Waals surface area (Å²) in [6.45, 7) is 8.91. The Hall–Kier alpha value is -1.43. The summed E-state index contributed by atoms with van der Waals surface area (Å²) >= 11 is -2.55. The number of aliphatic carboxylic acids is 1. The number of hydrogen-bond acceptors (Lipinski definition) is 3. The van der Waals surface area contributed by atoms with Crippen LogP contribution in [0.5, 0.6) is 0 Å². The van der Waals surface area contributed by atoms with Crippen molar-refractivity contribution in [3.05, 3.63) is 42.2 Å². The van der Waals surface area contributed by atoms with Crippen molar-refractivity contribution in [3.8, 4) is 11.3 Å². The van der Waals surface area contributed by atoms with Gasteiger partial charge in [-0.25, -0.2) is 0 Å². The van der Waals surface area contributed by atoms with Gasteiger partial charge >= 0.3 is 199 Å². The first-order valence-corrected chi connectivity index (χ1v) is 20.1. The summed E-state index contributed by atoms with van der Waals surface area (Å²) in [4.78, 5) is 21.7. The van der Waals surface area contributed by atoms with Gasteiger partial charge in [0.25, 0.3) is 0 Å². The molecule has 0 aliphatic heterocycles. The first-order valence-electron chi connectivity index (χ1n) is 12.6. The Labute approximate surface area is 198 Å². The van der Waals surface area contributed by atoms with E-state index in [-0.39, 0.29) is 5.92 Å². The predicted molar refractivity (Wildman–Crippen MR) is 135 cm³/mol. The Morgan fingerprint density at radius 3 is 1.88 bits per heavy atom. The van der Waals surface area contributed by atoms with Gasteiger partial charge in [0, 0.05) is 0 Å². The van der Waals surface area contributed by atoms with Gasteiger partial charge in [0.15, 0.2) is 0 Å². The Bertz CT molecular complexity index is 860. The van der Waals surface area contributed by atoms with Gasteiger partial charge in [-0.05, 0) is 0 Å². The molecular weight excluding hydrogens is 503 g/mol. The molecule has 1 heterocycles. The molecule has 0 amide bonds. The van der Waals surface area contributed by atoms with E-state index in [2.05, 4.69) is 27.0 Å².